The van der Waals surface area contributed by atoms with Crippen molar-refractivity contribution in [3.05, 3.63) is 76.1 Å². The summed E-state index contributed by atoms with van der Waals surface area (Å²) in [5.41, 5.74) is -1.74. The molecular formula is C25H27F3N2O4. The van der Waals surface area contributed by atoms with Crippen molar-refractivity contribution in [3.63, 3.8) is 0 Å². The monoisotopic (exact) mass is 476 g/mol. The first kappa shape index (κ1) is 25.3. The quantitative estimate of drug-likeness (QED) is 0.536. The van der Waals surface area contributed by atoms with Crippen LogP contribution in [0.15, 0.2) is 59.4 Å². The maximum atomic E-state index is 13.5. The van der Waals surface area contributed by atoms with Crippen LogP contribution in [0, 0.1) is 0 Å². The molecule has 1 atom stereocenters. The maximum Gasteiger partial charge on any atom is 0.421 e. The van der Waals surface area contributed by atoms with Crippen LogP contribution in [0.1, 0.15) is 31.9 Å². The molecule has 0 bridgehead atoms. The summed E-state index contributed by atoms with van der Waals surface area (Å²) in [5.74, 6) is 1.15. The summed E-state index contributed by atoms with van der Waals surface area (Å²) in [6, 6.07) is 14.2. The van der Waals surface area contributed by atoms with E-state index in [0.717, 1.165) is 11.6 Å². The molecule has 0 aliphatic carbocycles. The van der Waals surface area contributed by atoms with E-state index >= 15 is 0 Å². The number of benzene rings is 2. The van der Waals surface area contributed by atoms with E-state index < -0.39 is 29.9 Å². The van der Waals surface area contributed by atoms with E-state index in [4.69, 9.17) is 9.47 Å². The molecule has 9 heteroatoms. The van der Waals surface area contributed by atoms with E-state index in [1.54, 1.807) is 49.6 Å². The van der Waals surface area contributed by atoms with Crippen LogP contribution in [-0.4, -0.2) is 34.7 Å². The Balaban J connectivity index is 1.87. The zero-order valence-corrected chi connectivity index (χ0v) is 19.4. The molecule has 0 spiro atoms. The highest BCUT2D eigenvalue weighted by Crippen LogP contribution is 2.34. The summed E-state index contributed by atoms with van der Waals surface area (Å²) in [5, 5.41) is 14.6. The van der Waals surface area contributed by atoms with Crippen molar-refractivity contribution in [1.29, 1.82) is 0 Å². The summed E-state index contributed by atoms with van der Waals surface area (Å²) in [6.07, 6.45) is -6.15. The Kier molecular flexibility index (Phi) is 7.35. The molecule has 3 aromatic rings. The van der Waals surface area contributed by atoms with Gasteiger partial charge in [0.05, 0.1) is 19.3 Å². The number of hydrogen-bond donors (Lipinski definition) is 1. The summed E-state index contributed by atoms with van der Waals surface area (Å²) in [4.78, 5) is 12.5. The topological polar surface area (TPSA) is 73.6 Å². The molecule has 182 valence electrons. The molecule has 0 aliphatic rings. The molecule has 2 aromatic carbocycles. The molecule has 1 aromatic heterocycles. The highest BCUT2D eigenvalue weighted by atomic mass is 19.4. The van der Waals surface area contributed by atoms with E-state index in [1.807, 2.05) is 26.8 Å². The lowest BCUT2D eigenvalue weighted by molar-refractivity contribution is -0.139. The highest BCUT2D eigenvalue weighted by molar-refractivity contribution is 5.59. The summed E-state index contributed by atoms with van der Waals surface area (Å²) >= 11 is 0. The zero-order chi connectivity index (χ0) is 25.1. The van der Waals surface area contributed by atoms with Crippen LogP contribution in [-0.2, 0) is 18.1 Å². The molecular weight excluding hydrogens is 449 g/mol. The predicted octanol–water partition coefficient (Wildman–Crippen LogP) is 4.68. The molecule has 1 unspecified atom stereocenters. The van der Waals surface area contributed by atoms with Gasteiger partial charge < -0.3 is 14.6 Å². The lowest BCUT2D eigenvalue weighted by Gasteiger charge is -2.24. The average molecular weight is 476 g/mol. The van der Waals surface area contributed by atoms with Crippen LogP contribution in [0.5, 0.6) is 11.5 Å². The Morgan fingerprint density at radius 3 is 2.29 bits per heavy atom. The van der Waals surface area contributed by atoms with Crippen molar-refractivity contribution in [2.75, 3.05) is 13.7 Å². The van der Waals surface area contributed by atoms with Gasteiger partial charge in [0, 0.05) is 11.1 Å². The Morgan fingerprint density at radius 2 is 1.71 bits per heavy atom. The van der Waals surface area contributed by atoms with Crippen LogP contribution in [0.4, 0.5) is 13.2 Å². The molecule has 3 rings (SSSR count). The van der Waals surface area contributed by atoms with E-state index in [9.17, 15) is 23.1 Å². The van der Waals surface area contributed by atoms with Gasteiger partial charge in [-0.05, 0) is 29.7 Å². The molecule has 1 N–H and O–H groups in total. The summed E-state index contributed by atoms with van der Waals surface area (Å²) in [7, 11) is 1.55. The lowest BCUT2D eigenvalue weighted by atomic mass is 9.86. The normalized spacial score (nSPS) is 12.9. The fourth-order valence-corrected chi connectivity index (χ4v) is 3.40. The molecule has 0 fully saturated rings. The Labute approximate surface area is 195 Å². The van der Waals surface area contributed by atoms with E-state index in [0.29, 0.717) is 21.7 Å². The van der Waals surface area contributed by atoms with E-state index in [1.165, 1.54) is 0 Å². The van der Waals surface area contributed by atoms with E-state index in [2.05, 4.69) is 5.10 Å². The SMILES string of the molecule is COc1ccc(OCC(O)Cn2nc(-c3ccccc3)cc(C(F)(F)F)c2=O)c(C(C)(C)C)c1. The van der Waals surface area contributed by atoms with Gasteiger partial charge in [0.2, 0.25) is 0 Å². The number of ether oxygens (including phenoxy) is 2. The largest absolute Gasteiger partial charge is 0.497 e. The van der Waals surface area contributed by atoms with Crippen LogP contribution >= 0.6 is 0 Å². The molecule has 34 heavy (non-hydrogen) atoms. The number of rotatable bonds is 7. The van der Waals surface area contributed by atoms with Crippen molar-refractivity contribution < 1.29 is 27.8 Å². The molecule has 0 saturated carbocycles. The number of nitrogens with zero attached hydrogens (tertiary/aromatic N) is 2. The van der Waals surface area contributed by atoms with Crippen LogP contribution in [0.3, 0.4) is 0 Å². The van der Waals surface area contributed by atoms with Crippen molar-refractivity contribution in [2.24, 2.45) is 0 Å². The van der Waals surface area contributed by atoms with Crippen LogP contribution in [0.2, 0.25) is 0 Å². The van der Waals surface area contributed by atoms with Crippen molar-refractivity contribution in [1.82, 2.24) is 9.78 Å². The van der Waals surface area contributed by atoms with Gasteiger partial charge >= 0.3 is 6.18 Å². The van der Waals surface area contributed by atoms with Gasteiger partial charge in [-0.15, -0.1) is 0 Å². The van der Waals surface area contributed by atoms with Gasteiger partial charge in [-0.3, -0.25) is 4.79 Å². The Bertz CT molecular complexity index is 1190. The minimum atomic E-state index is -4.86. The highest BCUT2D eigenvalue weighted by Gasteiger charge is 2.36. The van der Waals surface area contributed by atoms with Gasteiger partial charge in [0.25, 0.3) is 5.56 Å². The number of hydrogen-bond acceptors (Lipinski definition) is 5. The Morgan fingerprint density at radius 1 is 1.03 bits per heavy atom. The number of aliphatic hydroxyl groups is 1. The summed E-state index contributed by atoms with van der Waals surface area (Å²) in [6.45, 7) is 5.25. The lowest BCUT2D eigenvalue weighted by Crippen LogP contribution is -2.36. The molecule has 0 amide bonds. The third kappa shape index (κ3) is 5.96. The smallest absolute Gasteiger partial charge is 0.421 e. The number of aromatic nitrogens is 2. The van der Waals surface area contributed by atoms with Crippen molar-refractivity contribution in [2.45, 2.75) is 45.0 Å². The van der Waals surface area contributed by atoms with Gasteiger partial charge in [0.1, 0.15) is 29.8 Å². The zero-order valence-electron chi connectivity index (χ0n) is 19.4. The molecule has 0 aliphatic heterocycles. The van der Waals surface area contributed by atoms with Crippen LogP contribution < -0.4 is 15.0 Å². The third-order valence-corrected chi connectivity index (χ3v) is 5.16. The molecule has 1 heterocycles. The van der Waals surface area contributed by atoms with Gasteiger partial charge in [0.15, 0.2) is 0 Å². The maximum absolute atomic E-state index is 13.5. The molecule has 6 nitrogen and oxygen atoms in total. The fraction of sp³-hybridized carbons (Fsp3) is 0.360. The minimum absolute atomic E-state index is 0.0224. The van der Waals surface area contributed by atoms with E-state index in [-0.39, 0.29) is 17.7 Å². The Hall–Kier alpha value is -3.33. The number of halogens is 3. The predicted molar refractivity (Wildman–Crippen MR) is 122 cm³/mol. The second-order valence-corrected chi connectivity index (χ2v) is 8.87. The number of alkyl halides is 3. The van der Waals surface area contributed by atoms with Crippen molar-refractivity contribution in [3.8, 4) is 22.8 Å². The number of methoxy groups -OCH3 is 1. The van der Waals surface area contributed by atoms with Gasteiger partial charge in [-0.25, -0.2) is 4.68 Å². The van der Waals surface area contributed by atoms with Crippen LogP contribution in [0.25, 0.3) is 11.3 Å². The van der Waals surface area contributed by atoms with Gasteiger partial charge in [-0.1, -0.05) is 51.1 Å². The fourth-order valence-electron chi connectivity index (χ4n) is 3.40. The standard InChI is InChI=1S/C25H27F3N2O4/c1-24(2,3)19-12-18(33-4)10-11-22(19)34-15-17(31)14-30-23(32)20(25(26,27)28)13-21(29-30)16-8-6-5-7-9-16/h5-13,17,31H,14-15H2,1-4H3. The first-order chi connectivity index (χ1) is 15.9. The van der Waals surface area contributed by atoms with Crippen molar-refractivity contribution >= 4 is 0 Å². The first-order valence-corrected chi connectivity index (χ1v) is 10.6. The number of aliphatic hydroxyl groups excluding tert-OH is 1. The minimum Gasteiger partial charge on any atom is -0.497 e. The third-order valence-electron chi connectivity index (χ3n) is 5.16. The average Bonchev–Trinajstić information content (AvgIpc) is 2.78. The summed E-state index contributed by atoms with van der Waals surface area (Å²) < 4.78 is 52.2. The van der Waals surface area contributed by atoms with Gasteiger partial charge in [-0.2, -0.15) is 18.3 Å². The molecule has 0 saturated heterocycles. The first-order valence-electron chi connectivity index (χ1n) is 10.6. The second-order valence-electron chi connectivity index (χ2n) is 8.87. The second kappa shape index (κ2) is 9.89. The molecule has 0 radical (unpaired) electrons.